The van der Waals surface area contributed by atoms with E-state index in [2.05, 4.69) is 12.2 Å². The molecule has 1 N–H and O–H groups in total. The van der Waals surface area contributed by atoms with Gasteiger partial charge in [-0.1, -0.05) is 36.9 Å². The van der Waals surface area contributed by atoms with Gasteiger partial charge in [0.2, 0.25) is 0 Å². The summed E-state index contributed by atoms with van der Waals surface area (Å²) in [6.07, 6.45) is 6.88. The lowest BCUT2D eigenvalue weighted by atomic mass is 9.82. The first-order valence-corrected chi connectivity index (χ1v) is 7.68. The minimum absolute atomic E-state index is 0.159. The Hall–Kier alpha value is -0.730. The normalized spacial score (nSPS) is 19.9. The molecular weight excluding hydrogens is 258 g/mol. The number of hydrogen-bond acceptors (Lipinski definition) is 2. The Balaban J connectivity index is 1.97. The molecule has 0 spiro atoms. The van der Waals surface area contributed by atoms with E-state index in [0.29, 0.717) is 6.04 Å². The molecule has 1 aliphatic carbocycles. The molecule has 1 aromatic carbocycles. The maximum absolute atomic E-state index is 6.05. The first-order valence-electron chi connectivity index (χ1n) is 7.30. The summed E-state index contributed by atoms with van der Waals surface area (Å²) in [5.41, 5.74) is 0. The zero-order chi connectivity index (χ0) is 13.7. The zero-order valence-electron chi connectivity index (χ0n) is 11.9. The van der Waals surface area contributed by atoms with Gasteiger partial charge in [0.15, 0.2) is 0 Å². The fraction of sp³-hybridized carbons (Fsp3) is 0.625. The highest BCUT2D eigenvalue weighted by molar-refractivity contribution is 6.30. The third-order valence-electron chi connectivity index (χ3n) is 4.11. The third-order valence-corrected chi connectivity index (χ3v) is 4.35. The second kappa shape index (κ2) is 7.16. The monoisotopic (exact) mass is 281 g/mol. The van der Waals surface area contributed by atoms with Gasteiger partial charge < -0.3 is 10.1 Å². The van der Waals surface area contributed by atoms with Crippen molar-refractivity contribution in [3.8, 4) is 5.75 Å². The van der Waals surface area contributed by atoms with Gasteiger partial charge in [0, 0.05) is 11.1 Å². The molecule has 19 heavy (non-hydrogen) atoms. The van der Waals surface area contributed by atoms with Crippen LogP contribution in [0.3, 0.4) is 0 Å². The molecule has 2 nitrogen and oxygen atoms in total. The zero-order valence-corrected chi connectivity index (χ0v) is 12.6. The van der Waals surface area contributed by atoms with Crippen LogP contribution in [0.25, 0.3) is 0 Å². The van der Waals surface area contributed by atoms with Crippen LogP contribution in [0.15, 0.2) is 24.3 Å². The van der Waals surface area contributed by atoms with Crippen molar-refractivity contribution in [3.05, 3.63) is 29.3 Å². The first-order chi connectivity index (χ1) is 9.20. The highest BCUT2D eigenvalue weighted by atomic mass is 35.5. The van der Waals surface area contributed by atoms with Gasteiger partial charge in [-0.05, 0) is 50.9 Å². The number of nitrogens with one attached hydrogen (secondary N) is 1. The van der Waals surface area contributed by atoms with Crippen molar-refractivity contribution in [1.29, 1.82) is 0 Å². The second-order valence-corrected chi connectivity index (χ2v) is 5.93. The molecule has 1 aliphatic rings. The van der Waals surface area contributed by atoms with E-state index in [1.165, 1.54) is 32.1 Å². The van der Waals surface area contributed by atoms with Crippen LogP contribution in [0.1, 0.15) is 39.0 Å². The maximum Gasteiger partial charge on any atom is 0.121 e. The Kier molecular flexibility index (Phi) is 5.53. The highest BCUT2D eigenvalue weighted by Gasteiger charge is 2.28. The van der Waals surface area contributed by atoms with Gasteiger partial charge in [0.1, 0.15) is 11.9 Å². The standard InChI is InChI=1S/C16H24ClNO/c1-12(19-15-10-6-9-14(17)11-15)16(18-2)13-7-4-3-5-8-13/h6,9-13,16,18H,3-5,7-8H2,1-2H3. The van der Waals surface area contributed by atoms with Crippen molar-refractivity contribution < 1.29 is 4.74 Å². The quantitative estimate of drug-likeness (QED) is 0.870. The molecule has 106 valence electrons. The molecule has 0 aliphatic heterocycles. The molecule has 2 atom stereocenters. The van der Waals surface area contributed by atoms with Gasteiger partial charge in [0.05, 0.1) is 0 Å². The molecule has 0 aromatic heterocycles. The van der Waals surface area contributed by atoms with E-state index < -0.39 is 0 Å². The van der Waals surface area contributed by atoms with Gasteiger partial charge in [-0.2, -0.15) is 0 Å². The van der Waals surface area contributed by atoms with Crippen LogP contribution >= 0.6 is 11.6 Å². The van der Waals surface area contributed by atoms with Crippen molar-refractivity contribution >= 4 is 11.6 Å². The topological polar surface area (TPSA) is 21.3 Å². The summed E-state index contributed by atoms with van der Waals surface area (Å²) in [6.45, 7) is 2.15. The Labute approximate surface area is 121 Å². The number of rotatable bonds is 5. The lowest BCUT2D eigenvalue weighted by Crippen LogP contribution is -2.45. The van der Waals surface area contributed by atoms with Gasteiger partial charge >= 0.3 is 0 Å². The van der Waals surface area contributed by atoms with E-state index in [1.54, 1.807) is 0 Å². The lowest BCUT2D eigenvalue weighted by Gasteiger charge is -2.34. The van der Waals surface area contributed by atoms with Gasteiger partial charge in [0.25, 0.3) is 0 Å². The van der Waals surface area contributed by atoms with E-state index in [-0.39, 0.29) is 6.10 Å². The summed E-state index contributed by atoms with van der Waals surface area (Å²) in [5.74, 6) is 1.59. The van der Waals surface area contributed by atoms with Crippen LogP contribution in [0, 0.1) is 5.92 Å². The van der Waals surface area contributed by atoms with Crippen LogP contribution in [0.5, 0.6) is 5.75 Å². The number of benzene rings is 1. The first kappa shape index (κ1) is 14.7. The molecule has 1 aromatic rings. The van der Waals surface area contributed by atoms with Crippen molar-refractivity contribution in [2.75, 3.05) is 7.05 Å². The number of halogens is 1. The van der Waals surface area contributed by atoms with Crippen molar-refractivity contribution in [2.45, 2.75) is 51.2 Å². The number of ether oxygens (including phenoxy) is 1. The molecule has 0 bridgehead atoms. The average Bonchev–Trinajstić information content (AvgIpc) is 2.41. The summed E-state index contributed by atoms with van der Waals surface area (Å²) in [7, 11) is 2.04. The van der Waals surface area contributed by atoms with Crippen LogP contribution in [-0.4, -0.2) is 19.2 Å². The van der Waals surface area contributed by atoms with E-state index in [4.69, 9.17) is 16.3 Å². The molecule has 0 saturated heterocycles. The summed E-state index contributed by atoms with van der Waals surface area (Å²) in [6, 6.07) is 8.07. The predicted molar refractivity (Wildman–Crippen MR) is 81.0 cm³/mol. The Bertz CT molecular complexity index is 390. The summed E-state index contributed by atoms with van der Waals surface area (Å²) >= 11 is 5.99. The van der Waals surface area contributed by atoms with Crippen molar-refractivity contribution in [1.82, 2.24) is 5.32 Å². The molecule has 3 heteroatoms. The van der Waals surface area contributed by atoms with Crippen LogP contribution in [0.2, 0.25) is 5.02 Å². The highest BCUT2D eigenvalue weighted by Crippen LogP contribution is 2.29. The summed E-state index contributed by atoms with van der Waals surface area (Å²) in [4.78, 5) is 0. The largest absolute Gasteiger partial charge is 0.489 e. The predicted octanol–water partition coefficient (Wildman–Crippen LogP) is 4.28. The SMILES string of the molecule is CNC(C1CCCCC1)C(C)Oc1cccc(Cl)c1. The Morgan fingerprint density at radius 1 is 1.26 bits per heavy atom. The van der Waals surface area contributed by atoms with Crippen LogP contribution in [-0.2, 0) is 0 Å². The van der Waals surface area contributed by atoms with E-state index in [1.807, 2.05) is 31.3 Å². The molecular formula is C16H24ClNO. The maximum atomic E-state index is 6.05. The molecule has 2 rings (SSSR count). The third kappa shape index (κ3) is 4.12. The molecule has 0 heterocycles. The summed E-state index contributed by atoms with van der Waals surface area (Å²) < 4.78 is 6.05. The van der Waals surface area contributed by atoms with Gasteiger partial charge in [-0.15, -0.1) is 0 Å². The minimum atomic E-state index is 0.159. The average molecular weight is 282 g/mol. The van der Waals surface area contributed by atoms with Crippen LogP contribution < -0.4 is 10.1 Å². The van der Waals surface area contributed by atoms with Gasteiger partial charge in [-0.3, -0.25) is 0 Å². The molecule has 0 amide bonds. The van der Waals surface area contributed by atoms with Crippen molar-refractivity contribution in [2.24, 2.45) is 5.92 Å². The van der Waals surface area contributed by atoms with Crippen molar-refractivity contribution in [3.63, 3.8) is 0 Å². The van der Waals surface area contributed by atoms with Gasteiger partial charge in [-0.25, -0.2) is 0 Å². The minimum Gasteiger partial charge on any atom is -0.489 e. The molecule has 0 radical (unpaired) electrons. The molecule has 1 fully saturated rings. The number of hydrogen-bond donors (Lipinski definition) is 1. The van der Waals surface area contributed by atoms with E-state index in [0.717, 1.165) is 16.7 Å². The van der Waals surface area contributed by atoms with Crippen LogP contribution in [0.4, 0.5) is 0 Å². The lowest BCUT2D eigenvalue weighted by molar-refractivity contribution is 0.122. The fourth-order valence-electron chi connectivity index (χ4n) is 3.18. The fourth-order valence-corrected chi connectivity index (χ4v) is 3.36. The molecule has 2 unspecified atom stereocenters. The summed E-state index contributed by atoms with van der Waals surface area (Å²) in [5, 5.41) is 4.17. The second-order valence-electron chi connectivity index (χ2n) is 5.49. The van der Waals surface area contributed by atoms with E-state index in [9.17, 15) is 0 Å². The Morgan fingerprint density at radius 2 is 2.00 bits per heavy atom. The smallest absolute Gasteiger partial charge is 0.121 e. The number of likely N-dealkylation sites (N-methyl/N-ethyl adjacent to an activating group) is 1. The van der Waals surface area contributed by atoms with E-state index >= 15 is 0 Å². The Morgan fingerprint density at radius 3 is 2.63 bits per heavy atom. The molecule has 1 saturated carbocycles.